The third kappa shape index (κ3) is 5.13. The predicted molar refractivity (Wildman–Crippen MR) is 90.9 cm³/mol. The van der Waals surface area contributed by atoms with Crippen LogP contribution in [0.2, 0.25) is 5.02 Å². The smallest absolute Gasteiger partial charge is 0.303 e. The Balaban J connectivity index is 1.89. The summed E-state index contributed by atoms with van der Waals surface area (Å²) in [6.45, 7) is 6.45. The van der Waals surface area contributed by atoms with Crippen molar-refractivity contribution in [1.82, 2.24) is 4.90 Å². The molecule has 0 radical (unpaired) electrons. The Hall–Kier alpha value is -1.75. The van der Waals surface area contributed by atoms with Crippen molar-refractivity contribution in [3.05, 3.63) is 29.3 Å². The van der Waals surface area contributed by atoms with Crippen LogP contribution in [0.3, 0.4) is 0 Å². The van der Waals surface area contributed by atoms with E-state index in [0.717, 1.165) is 18.8 Å². The normalized spacial score (nSPS) is 15.6. The van der Waals surface area contributed by atoms with Gasteiger partial charge in [-0.1, -0.05) is 31.5 Å². The van der Waals surface area contributed by atoms with E-state index in [9.17, 15) is 9.59 Å². The van der Waals surface area contributed by atoms with Crippen molar-refractivity contribution < 1.29 is 14.7 Å². The monoisotopic (exact) mass is 338 g/mol. The lowest BCUT2D eigenvalue weighted by Gasteiger charge is -2.37. The molecule has 1 aliphatic heterocycles. The molecule has 126 valence electrons. The molecule has 5 nitrogen and oxygen atoms in total. The van der Waals surface area contributed by atoms with Crippen LogP contribution < -0.4 is 4.90 Å². The molecule has 0 bridgehead atoms. The zero-order chi connectivity index (χ0) is 17.0. The van der Waals surface area contributed by atoms with Gasteiger partial charge < -0.3 is 14.9 Å². The number of aliphatic carboxylic acids is 1. The van der Waals surface area contributed by atoms with Crippen molar-refractivity contribution >= 4 is 29.2 Å². The molecule has 1 aromatic rings. The van der Waals surface area contributed by atoms with Crippen LogP contribution in [-0.2, 0) is 9.59 Å². The first kappa shape index (κ1) is 17.6. The van der Waals surface area contributed by atoms with Crippen molar-refractivity contribution in [2.45, 2.75) is 26.7 Å². The molecule has 0 spiro atoms. The van der Waals surface area contributed by atoms with E-state index in [1.807, 2.05) is 43.0 Å². The number of carbonyl (C=O) groups excluding carboxylic acids is 1. The number of halogens is 1. The van der Waals surface area contributed by atoms with Crippen molar-refractivity contribution in [3.63, 3.8) is 0 Å². The third-order valence-corrected chi connectivity index (χ3v) is 4.30. The van der Waals surface area contributed by atoms with Gasteiger partial charge in [-0.15, -0.1) is 0 Å². The summed E-state index contributed by atoms with van der Waals surface area (Å²) in [5.41, 5.74) is 0.545. The van der Waals surface area contributed by atoms with Gasteiger partial charge in [0, 0.05) is 43.3 Å². The SMILES string of the molecule is CC(C)(CC(=O)O)CC(=O)N1CCN(c2cccc(Cl)c2)CC1. The highest BCUT2D eigenvalue weighted by Crippen LogP contribution is 2.27. The zero-order valence-electron chi connectivity index (χ0n) is 13.6. The van der Waals surface area contributed by atoms with E-state index < -0.39 is 11.4 Å². The molecule has 1 aliphatic rings. The summed E-state index contributed by atoms with van der Waals surface area (Å²) >= 11 is 6.02. The van der Waals surface area contributed by atoms with Gasteiger partial charge in [-0.05, 0) is 23.6 Å². The largest absolute Gasteiger partial charge is 0.481 e. The van der Waals surface area contributed by atoms with Gasteiger partial charge in [-0.3, -0.25) is 9.59 Å². The fraction of sp³-hybridized carbons (Fsp3) is 0.529. The summed E-state index contributed by atoms with van der Waals surface area (Å²) in [6, 6.07) is 7.70. The van der Waals surface area contributed by atoms with Crippen LogP contribution in [-0.4, -0.2) is 48.1 Å². The Bertz CT molecular complexity index is 581. The number of nitrogens with zero attached hydrogens (tertiary/aromatic N) is 2. The van der Waals surface area contributed by atoms with E-state index in [4.69, 9.17) is 16.7 Å². The molecule has 2 rings (SSSR count). The van der Waals surface area contributed by atoms with Gasteiger partial charge in [0.25, 0.3) is 0 Å². The minimum atomic E-state index is -0.867. The molecule has 1 heterocycles. The number of carboxylic acids is 1. The van der Waals surface area contributed by atoms with Gasteiger partial charge >= 0.3 is 5.97 Å². The van der Waals surface area contributed by atoms with Crippen LogP contribution in [0, 0.1) is 5.41 Å². The molecule has 0 saturated carbocycles. The number of hydrogen-bond donors (Lipinski definition) is 1. The highest BCUT2D eigenvalue weighted by Gasteiger charge is 2.29. The lowest BCUT2D eigenvalue weighted by Crippen LogP contribution is -2.49. The first-order valence-electron chi connectivity index (χ1n) is 7.77. The lowest BCUT2D eigenvalue weighted by atomic mass is 9.85. The van der Waals surface area contributed by atoms with Crippen LogP contribution in [0.15, 0.2) is 24.3 Å². The van der Waals surface area contributed by atoms with Crippen LogP contribution >= 0.6 is 11.6 Å². The molecule has 1 aromatic carbocycles. The number of rotatable bonds is 5. The fourth-order valence-electron chi connectivity index (χ4n) is 2.88. The Morgan fingerprint density at radius 1 is 1.17 bits per heavy atom. The maximum atomic E-state index is 12.4. The molecule has 1 N–H and O–H groups in total. The maximum Gasteiger partial charge on any atom is 0.303 e. The van der Waals surface area contributed by atoms with E-state index in [2.05, 4.69) is 4.90 Å². The van der Waals surface area contributed by atoms with Gasteiger partial charge in [0.05, 0.1) is 6.42 Å². The van der Waals surface area contributed by atoms with Crippen LogP contribution in [0.4, 0.5) is 5.69 Å². The molecule has 6 heteroatoms. The molecular formula is C17H23ClN2O3. The predicted octanol–water partition coefficient (Wildman–Crippen LogP) is 2.88. The zero-order valence-corrected chi connectivity index (χ0v) is 14.3. The minimum Gasteiger partial charge on any atom is -0.481 e. The molecule has 0 unspecified atom stereocenters. The second-order valence-corrected chi connectivity index (χ2v) is 7.20. The van der Waals surface area contributed by atoms with E-state index in [1.54, 1.807) is 0 Å². The number of amides is 1. The molecule has 1 fully saturated rings. The number of piperazine rings is 1. The summed E-state index contributed by atoms with van der Waals surface area (Å²) in [6.07, 6.45) is 0.262. The Labute approximate surface area is 141 Å². The molecule has 23 heavy (non-hydrogen) atoms. The summed E-state index contributed by atoms with van der Waals surface area (Å²) in [4.78, 5) is 27.3. The summed E-state index contributed by atoms with van der Waals surface area (Å²) < 4.78 is 0. The number of anilines is 1. The van der Waals surface area contributed by atoms with Gasteiger partial charge in [0.15, 0.2) is 0 Å². The average Bonchev–Trinajstić information content (AvgIpc) is 2.45. The highest BCUT2D eigenvalue weighted by atomic mass is 35.5. The first-order chi connectivity index (χ1) is 10.8. The van der Waals surface area contributed by atoms with Gasteiger partial charge in [0.2, 0.25) is 5.91 Å². The highest BCUT2D eigenvalue weighted by molar-refractivity contribution is 6.30. The third-order valence-electron chi connectivity index (χ3n) is 4.07. The van der Waals surface area contributed by atoms with E-state index in [0.29, 0.717) is 18.1 Å². The van der Waals surface area contributed by atoms with Gasteiger partial charge in [-0.25, -0.2) is 0 Å². The fourth-order valence-corrected chi connectivity index (χ4v) is 3.06. The molecule has 1 saturated heterocycles. The van der Waals surface area contributed by atoms with Crippen molar-refractivity contribution in [2.75, 3.05) is 31.1 Å². The van der Waals surface area contributed by atoms with Gasteiger partial charge in [0.1, 0.15) is 0 Å². The first-order valence-corrected chi connectivity index (χ1v) is 8.15. The number of hydrogen-bond acceptors (Lipinski definition) is 3. The topological polar surface area (TPSA) is 60.9 Å². The molecule has 0 aromatic heterocycles. The second kappa shape index (κ2) is 7.21. The lowest BCUT2D eigenvalue weighted by molar-refractivity contribution is -0.140. The van der Waals surface area contributed by atoms with Crippen molar-refractivity contribution in [2.24, 2.45) is 5.41 Å². The number of benzene rings is 1. The van der Waals surface area contributed by atoms with E-state index >= 15 is 0 Å². The second-order valence-electron chi connectivity index (χ2n) is 6.76. The Morgan fingerprint density at radius 3 is 2.39 bits per heavy atom. The van der Waals surface area contributed by atoms with Gasteiger partial charge in [-0.2, -0.15) is 0 Å². The minimum absolute atomic E-state index is 0.00121. The molecule has 0 atom stereocenters. The molecule has 0 aliphatic carbocycles. The van der Waals surface area contributed by atoms with E-state index in [1.165, 1.54) is 0 Å². The molecular weight excluding hydrogens is 316 g/mol. The Morgan fingerprint density at radius 2 is 1.83 bits per heavy atom. The molecule has 1 amide bonds. The number of carbonyl (C=O) groups is 2. The van der Waals surface area contributed by atoms with Crippen molar-refractivity contribution in [1.29, 1.82) is 0 Å². The Kier molecular flexibility index (Phi) is 5.52. The average molecular weight is 339 g/mol. The summed E-state index contributed by atoms with van der Waals surface area (Å²) in [5, 5.41) is 9.62. The van der Waals surface area contributed by atoms with Crippen LogP contribution in [0.5, 0.6) is 0 Å². The van der Waals surface area contributed by atoms with Crippen LogP contribution in [0.25, 0.3) is 0 Å². The summed E-state index contributed by atoms with van der Waals surface area (Å²) in [7, 11) is 0. The maximum absolute atomic E-state index is 12.4. The number of carboxylic acid groups (broad SMARTS) is 1. The van der Waals surface area contributed by atoms with Crippen LogP contribution in [0.1, 0.15) is 26.7 Å². The standard InChI is InChI=1S/C17H23ClN2O3/c1-17(2,12-16(22)23)11-15(21)20-8-6-19(7-9-20)14-5-3-4-13(18)10-14/h3-5,10H,6-9,11-12H2,1-2H3,(H,22,23). The summed E-state index contributed by atoms with van der Waals surface area (Å²) in [5.74, 6) is -0.837. The van der Waals surface area contributed by atoms with Crippen molar-refractivity contribution in [3.8, 4) is 0 Å². The van der Waals surface area contributed by atoms with E-state index in [-0.39, 0.29) is 18.7 Å². The quantitative estimate of drug-likeness (QED) is 0.896.